The van der Waals surface area contributed by atoms with Crippen LogP contribution in [0.25, 0.3) is 10.8 Å². The molecule has 1 aliphatic rings. The molecule has 1 aromatic heterocycles. The smallest absolute Gasteiger partial charge is 0.475 e. The molecule has 1 saturated heterocycles. The molecule has 2 atom stereocenters. The summed E-state index contributed by atoms with van der Waals surface area (Å²) in [5.41, 5.74) is 3.29. The number of rotatable bonds is 8. The summed E-state index contributed by atoms with van der Waals surface area (Å²) < 4.78 is 63.5. The lowest BCUT2D eigenvalue weighted by atomic mass is 9.97. The number of benzene rings is 2. The molecule has 0 spiro atoms. The molecule has 1 fully saturated rings. The Kier molecular flexibility index (Phi) is 14.4. The Morgan fingerprint density at radius 1 is 0.979 bits per heavy atom. The Morgan fingerprint density at radius 2 is 1.57 bits per heavy atom. The van der Waals surface area contributed by atoms with E-state index in [0.29, 0.717) is 6.04 Å². The molecule has 0 aliphatic carbocycles. The van der Waals surface area contributed by atoms with Gasteiger partial charge in [0.2, 0.25) is 0 Å². The topological polar surface area (TPSA) is 127 Å². The molecular weight excluding hydrogens is 634 g/mol. The standard InChI is InChI=1S/C28H36N4O.2C2HF3O2/c1-4-5-11-23-19-31(28(33)25-13-8-10-22-9-6-7-12-24(22)25)16-17-32(23)27(15-14-21(2)3)26-18-29-20-30-26;2*3-2(4,5)1(6)7/h6-10,12-14,18,20,23,27H,4-5,11,15-17,19H2,1-3H3,(H,29,30);2*(H,6,7)/t23-,27?;;/m0../s1. The summed E-state index contributed by atoms with van der Waals surface area (Å²) in [5.74, 6) is -5.37. The highest BCUT2D eigenvalue weighted by Crippen LogP contribution is 2.31. The van der Waals surface area contributed by atoms with Crippen molar-refractivity contribution in [3.63, 3.8) is 0 Å². The number of alkyl halides is 6. The number of carboxylic acid groups (broad SMARTS) is 2. The quantitative estimate of drug-likeness (QED) is 0.170. The number of piperazine rings is 1. The van der Waals surface area contributed by atoms with Gasteiger partial charge in [0.15, 0.2) is 0 Å². The van der Waals surface area contributed by atoms with E-state index in [9.17, 15) is 31.1 Å². The molecule has 1 aliphatic heterocycles. The summed E-state index contributed by atoms with van der Waals surface area (Å²) in [6.45, 7) is 8.91. The van der Waals surface area contributed by atoms with Crippen LogP contribution in [0.15, 0.2) is 66.6 Å². The van der Waals surface area contributed by atoms with Gasteiger partial charge in [-0.3, -0.25) is 9.69 Å². The SMILES string of the molecule is CCCC[C@H]1CN(C(=O)c2cccc3ccccc23)CCN1C(CC=C(C)C)c1cnc[nH]1.O=C(O)C(F)(F)F.O=C(O)C(F)(F)F. The van der Waals surface area contributed by atoms with Gasteiger partial charge in [-0.25, -0.2) is 14.6 Å². The van der Waals surface area contributed by atoms with Gasteiger partial charge in [-0.1, -0.05) is 67.8 Å². The highest BCUT2D eigenvalue weighted by molar-refractivity contribution is 6.07. The monoisotopic (exact) mass is 672 g/mol. The van der Waals surface area contributed by atoms with Gasteiger partial charge >= 0.3 is 24.3 Å². The van der Waals surface area contributed by atoms with E-state index in [0.717, 1.165) is 67.3 Å². The van der Waals surface area contributed by atoms with Crippen LogP contribution in [0.5, 0.6) is 0 Å². The van der Waals surface area contributed by atoms with Crippen molar-refractivity contribution in [1.29, 1.82) is 0 Å². The van der Waals surface area contributed by atoms with Crippen LogP contribution >= 0.6 is 0 Å². The van der Waals surface area contributed by atoms with Gasteiger partial charge in [0.1, 0.15) is 0 Å². The van der Waals surface area contributed by atoms with Crippen LogP contribution in [0.2, 0.25) is 0 Å². The summed E-state index contributed by atoms with van der Waals surface area (Å²) in [6.07, 6.45) is 0.232. The maximum absolute atomic E-state index is 13.6. The Bertz CT molecular complexity index is 1460. The number of hydrogen-bond donors (Lipinski definition) is 3. The van der Waals surface area contributed by atoms with E-state index >= 15 is 0 Å². The van der Waals surface area contributed by atoms with Crippen LogP contribution < -0.4 is 0 Å². The first kappa shape index (κ1) is 38.8. The highest BCUT2D eigenvalue weighted by atomic mass is 19.4. The first-order valence-corrected chi connectivity index (χ1v) is 14.7. The van der Waals surface area contributed by atoms with E-state index < -0.39 is 24.3 Å². The van der Waals surface area contributed by atoms with Crippen LogP contribution in [0.1, 0.15) is 68.5 Å². The number of aromatic nitrogens is 2. The van der Waals surface area contributed by atoms with Crippen LogP contribution in [-0.4, -0.2) is 85.9 Å². The first-order chi connectivity index (χ1) is 22.0. The molecule has 15 heteroatoms. The van der Waals surface area contributed by atoms with Crippen LogP contribution in [0, 0.1) is 0 Å². The number of H-pyrrole nitrogens is 1. The third kappa shape index (κ3) is 12.0. The molecule has 3 N–H and O–H groups in total. The second-order valence-electron chi connectivity index (χ2n) is 11.0. The second kappa shape index (κ2) is 17.5. The van der Waals surface area contributed by atoms with Gasteiger partial charge in [0, 0.05) is 37.4 Å². The number of hydrogen-bond acceptors (Lipinski definition) is 5. The summed E-state index contributed by atoms with van der Waals surface area (Å²) in [5, 5.41) is 16.4. The third-order valence-electron chi connectivity index (χ3n) is 7.24. The number of amides is 1. The highest BCUT2D eigenvalue weighted by Gasteiger charge is 2.39. The van der Waals surface area contributed by atoms with Gasteiger partial charge in [0.25, 0.3) is 5.91 Å². The first-order valence-electron chi connectivity index (χ1n) is 14.7. The fourth-order valence-corrected chi connectivity index (χ4v) is 4.98. The fraction of sp³-hybridized carbons (Fsp3) is 0.438. The minimum absolute atomic E-state index is 0.148. The Hall–Kier alpha value is -4.40. The van der Waals surface area contributed by atoms with Gasteiger partial charge in [-0.15, -0.1) is 0 Å². The maximum Gasteiger partial charge on any atom is 0.490 e. The van der Waals surface area contributed by atoms with E-state index in [1.165, 1.54) is 5.57 Å². The summed E-state index contributed by atoms with van der Waals surface area (Å²) in [6, 6.07) is 14.8. The van der Waals surface area contributed by atoms with Crippen molar-refractivity contribution >= 4 is 28.6 Å². The number of carbonyl (C=O) groups is 3. The van der Waals surface area contributed by atoms with E-state index in [2.05, 4.69) is 64.8 Å². The number of fused-ring (bicyclic) bond motifs is 1. The van der Waals surface area contributed by atoms with Crippen molar-refractivity contribution < 1.29 is 50.9 Å². The van der Waals surface area contributed by atoms with Crippen molar-refractivity contribution in [3.05, 3.63) is 77.9 Å². The predicted octanol–water partition coefficient (Wildman–Crippen LogP) is 7.24. The van der Waals surface area contributed by atoms with Crippen LogP contribution in [0.4, 0.5) is 26.3 Å². The minimum atomic E-state index is -5.08. The fourth-order valence-electron chi connectivity index (χ4n) is 4.98. The molecular formula is C32H38F6N4O5. The number of unbranched alkanes of at least 4 members (excludes halogenated alkanes) is 1. The normalized spacial score (nSPS) is 15.9. The second-order valence-corrected chi connectivity index (χ2v) is 11.0. The average molecular weight is 673 g/mol. The lowest BCUT2D eigenvalue weighted by Gasteiger charge is -2.45. The number of carboxylic acids is 2. The number of imidazole rings is 1. The average Bonchev–Trinajstić information content (AvgIpc) is 3.54. The minimum Gasteiger partial charge on any atom is -0.475 e. The summed E-state index contributed by atoms with van der Waals surface area (Å²) >= 11 is 0. The number of aliphatic carboxylic acids is 2. The van der Waals surface area contributed by atoms with Crippen LogP contribution in [0.3, 0.4) is 0 Å². The van der Waals surface area contributed by atoms with Crippen molar-refractivity contribution in [1.82, 2.24) is 19.8 Å². The Morgan fingerprint density at radius 3 is 2.11 bits per heavy atom. The molecule has 47 heavy (non-hydrogen) atoms. The van der Waals surface area contributed by atoms with E-state index in [1.54, 1.807) is 6.33 Å². The largest absolute Gasteiger partial charge is 0.490 e. The van der Waals surface area contributed by atoms with Gasteiger partial charge in [0.05, 0.1) is 18.1 Å². The molecule has 3 aromatic rings. The zero-order valence-corrected chi connectivity index (χ0v) is 26.1. The Balaban J connectivity index is 0.000000459. The van der Waals surface area contributed by atoms with Crippen molar-refractivity contribution in [2.45, 2.75) is 70.9 Å². The number of aromatic amines is 1. The van der Waals surface area contributed by atoms with Gasteiger partial charge < -0.3 is 20.1 Å². The van der Waals surface area contributed by atoms with E-state index in [-0.39, 0.29) is 11.9 Å². The zero-order chi connectivity index (χ0) is 35.4. The molecule has 0 radical (unpaired) electrons. The summed E-state index contributed by atoms with van der Waals surface area (Å²) in [4.78, 5) is 43.8. The van der Waals surface area contributed by atoms with E-state index in [4.69, 9.17) is 19.8 Å². The number of allylic oxidation sites excluding steroid dienone is 1. The van der Waals surface area contributed by atoms with Gasteiger partial charge in [-0.05, 0) is 43.5 Å². The number of nitrogens with one attached hydrogen (secondary N) is 1. The molecule has 4 rings (SSSR count). The molecule has 0 bridgehead atoms. The molecule has 2 aromatic carbocycles. The molecule has 258 valence electrons. The van der Waals surface area contributed by atoms with Gasteiger partial charge in [-0.2, -0.15) is 26.3 Å². The van der Waals surface area contributed by atoms with Crippen LogP contribution in [-0.2, 0) is 9.59 Å². The van der Waals surface area contributed by atoms with Crippen molar-refractivity contribution in [2.24, 2.45) is 0 Å². The molecule has 1 unspecified atom stereocenters. The predicted molar refractivity (Wildman–Crippen MR) is 163 cm³/mol. The number of halogens is 6. The molecule has 9 nitrogen and oxygen atoms in total. The molecule has 0 saturated carbocycles. The Labute approximate surface area is 267 Å². The lowest BCUT2D eigenvalue weighted by Crippen LogP contribution is -2.55. The van der Waals surface area contributed by atoms with E-state index in [1.807, 2.05) is 30.5 Å². The third-order valence-corrected chi connectivity index (χ3v) is 7.24. The number of nitrogens with zero attached hydrogens (tertiary/aromatic N) is 3. The number of carbonyl (C=O) groups excluding carboxylic acids is 1. The lowest BCUT2D eigenvalue weighted by molar-refractivity contribution is -0.193. The van der Waals surface area contributed by atoms with Crippen molar-refractivity contribution in [3.8, 4) is 0 Å². The molecule has 1 amide bonds. The maximum atomic E-state index is 13.6. The zero-order valence-electron chi connectivity index (χ0n) is 26.1. The summed E-state index contributed by atoms with van der Waals surface area (Å²) in [7, 11) is 0. The molecule has 2 heterocycles. The van der Waals surface area contributed by atoms with Crippen molar-refractivity contribution in [2.75, 3.05) is 19.6 Å².